The van der Waals surface area contributed by atoms with Gasteiger partial charge in [0.15, 0.2) is 5.09 Å². The fourth-order valence-corrected chi connectivity index (χ4v) is 4.55. The van der Waals surface area contributed by atoms with Crippen LogP contribution in [0.1, 0.15) is 29.0 Å². The second-order valence-corrected chi connectivity index (χ2v) is 7.11. The van der Waals surface area contributed by atoms with Gasteiger partial charge in [0.1, 0.15) is 0 Å². The fraction of sp³-hybridized carbons (Fsp3) is 0.182. The number of hydrogen-bond donors (Lipinski definition) is 1. The summed E-state index contributed by atoms with van der Waals surface area (Å²) in [4.78, 5) is 0. The van der Waals surface area contributed by atoms with Crippen molar-refractivity contribution in [2.75, 3.05) is 0 Å². The lowest BCUT2D eigenvalue weighted by Crippen LogP contribution is -2.13. The maximum Gasteiger partial charge on any atom is 0.160 e. The first-order valence-electron chi connectivity index (χ1n) is 8.50. The van der Waals surface area contributed by atoms with Crippen molar-refractivity contribution in [3.8, 4) is 0 Å². The van der Waals surface area contributed by atoms with Gasteiger partial charge in [0.25, 0.3) is 0 Å². The molecule has 5 rings (SSSR count). The predicted octanol–water partition coefficient (Wildman–Crippen LogP) is 6.15. The molecule has 1 aliphatic rings. The molecule has 1 atom stereocenters. The van der Waals surface area contributed by atoms with Crippen molar-refractivity contribution >= 4 is 34.2 Å². The highest BCUT2D eigenvalue weighted by Gasteiger charge is 2.24. The Morgan fingerprint density at radius 3 is 2.62 bits per heavy atom. The lowest BCUT2D eigenvalue weighted by molar-refractivity contribution is 0.456. The van der Waals surface area contributed by atoms with Gasteiger partial charge in [-0.15, -0.1) is 12.6 Å². The highest BCUT2D eigenvalue weighted by molar-refractivity contribution is 7.80. The normalized spacial score (nSPS) is 17.3. The van der Waals surface area contributed by atoms with Gasteiger partial charge >= 0.3 is 0 Å². The largest absolute Gasteiger partial charge is 0.458 e. The highest BCUT2D eigenvalue weighted by Crippen LogP contribution is 2.39. The molecule has 24 heavy (non-hydrogen) atoms. The summed E-state index contributed by atoms with van der Waals surface area (Å²) in [6.45, 7) is 0. The van der Waals surface area contributed by atoms with E-state index in [0.29, 0.717) is 5.92 Å². The molecular weight excluding hydrogens is 312 g/mol. The zero-order valence-corrected chi connectivity index (χ0v) is 14.2. The topological polar surface area (TPSA) is 13.1 Å². The van der Waals surface area contributed by atoms with Gasteiger partial charge < -0.3 is 4.42 Å². The first-order chi connectivity index (χ1) is 11.8. The van der Waals surface area contributed by atoms with E-state index in [1.807, 2.05) is 0 Å². The van der Waals surface area contributed by atoms with E-state index in [1.165, 1.54) is 44.7 Å². The number of furan rings is 1. The average Bonchev–Trinajstić information content (AvgIpc) is 3.06. The number of thiol groups is 1. The third-order valence-corrected chi connectivity index (χ3v) is 5.82. The second-order valence-electron chi connectivity index (χ2n) is 6.71. The molecule has 1 aromatic heterocycles. The first kappa shape index (κ1) is 14.2. The van der Waals surface area contributed by atoms with Crippen molar-refractivity contribution in [2.24, 2.45) is 0 Å². The molecule has 0 bridgehead atoms. The zero-order chi connectivity index (χ0) is 16.1. The van der Waals surface area contributed by atoms with E-state index in [9.17, 15) is 0 Å². The number of aryl methyl sites for hydroxylation is 1. The second kappa shape index (κ2) is 5.42. The number of benzene rings is 3. The third kappa shape index (κ3) is 2.10. The van der Waals surface area contributed by atoms with E-state index in [4.69, 9.17) is 4.42 Å². The number of hydrogen-bond acceptors (Lipinski definition) is 2. The molecule has 0 spiro atoms. The van der Waals surface area contributed by atoms with Crippen molar-refractivity contribution < 1.29 is 4.42 Å². The van der Waals surface area contributed by atoms with Crippen LogP contribution in [0.15, 0.2) is 70.4 Å². The maximum absolute atomic E-state index is 5.42. The third-order valence-electron chi connectivity index (χ3n) is 5.46. The van der Waals surface area contributed by atoms with Gasteiger partial charge in [-0.1, -0.05) is 48.5 Å². The average molecular weight is 330 g/mol. The van der Waals surface area contributed by atoms with E-state index in [-0.39, 0.29) is 0 Å². The molecular formula is C22H18OS. The van der Waals surface area contributed by atoms with Gasteiger partial charge in [-0.05, 0) is 63.9 Å². The molecule has 1 nitrogen and oxygen atoms in total. The molecule has 0 fully saturated rings. The number of rotatable bonds is 1. The van der Waals surface area contributed by atoms with Crippen molar-refractivity contribution in [2.45, 2.75) is 30.3 Å². The van der Waals surface area contributed by atoms with Crippen LogP contribution in [0.25, 0.3) is 21.5 Å². The summed E-state index contributed by atoms with van der Waals surface area (Å²) in [5.74, 6) is 0.501. The van der Waals surface area contributed by atoms with Crippen LogP contribution in [-0.2, 0) is 12.8 Å². The smallest absolute Gasteiger partial charge is 0.160 e. The lowest BCUT2D eigenvalue weighted by atomic mass is 9.78. The standard InChI is InChI=1S/C22H18OS/c24-22-18(11-12-23-22)16-6-5-15-8-9-19-17-4-2-1-3-14(17)7-10-20(19)21(15)13-16/h1-4,7-12,16,24H,5-6,13H2. The summed E-state index contributed by atoms with van der Waals surface area (Å²) >= 11 is 4.48. The molecule has 1 unspecified atom stereocenters. The summed E-state index contributed by atoms with van der Waals surface area (Å²) in [7, 11) is 0. The van der Waals surface area contributed by atoms with Crippen LogP contribution in [0.5, 0.6) is 0 Å². The minimum absolute atomic E-state index is 0.501. The van der Waals surface area contributed by atoms with Gasteiger partial charge in [0, 0.05) is 5.56 Å². The molecule has 0 aliphatic heterocycles. The van der Waals surface area contributed by atoms with Crippen LogP contribution < -0.4 is 0 Å². The molecule has 0 N–H and O–H groups in total. The summed E-state index contributed by atoms with van der Waals surface area (Å²) in [5.41, 5.74) is 4.25. The first-order valence-corrected chi connectivity index (χ1v) is 8.94. The molecule has 118 valence electrons. The highest BCUT2D eigenvalue weighted by atomic mass is 32.1. The van der Waals surface area contributed by atoms with E-state index in [2.05, 4.69) is 67.2 Å². The van der Waals surface area contributed by atoms with Crippen LogP contribution >= 0.6 is 12.6 Å². The summed E-state index contributed by atoms with van der Waals surface area (Å²) < 4.78 is 5.42. The Balaban J connectivity index is 1.70. The van der Waals surface area contributed by atoms with Crippen molar-refractivity contribution in [3.05, 3.63) is 77.6 Å². The van der Waals surface area contributed by atoms with Crippen LogP contribution in [0.4, 0.5) is 0 Å². The molecule has 2 heteroatoms. The maximum atomic E-state index is 5.42. The van der Waals surface area contributed by atoms with Gasteiger partial charge in [-0.25, -0.2) is 0 Å². The van der Waals surface area contributed by atoms with Crippen molar-refractivity contribution in [3.63, 3.8) is 0 Å². The fourth-order valence-electron chi connectivity index (χ4n) is 4.24. The Bertz CT molecular complexity index is 1060. The van der Waals surface area contributed by atoms with Crippen LogP contribution in [0.2, 0.25) is 0 Å². The van der Waals surface area contributed by atoms with E-state index in [0.717, 1.165) is 17.9 Å². The molecule has 0 amide bonds. The lowest BCUT2D eigenvalue weighted by Gasteiger charge is -2.26. The van der Waals surface area contributed by atoms with Gasteiger partial charge in [0.05, 0.1) is 6.26 Å². The number of fused-ring (bicyclic) bond motifs is 5. The Morgan fingerprint density at radius 1 is 0.875 bits per heavy atom. The zero-order valence-electron chi connectivity index (χ0n) is 13.3. The van der Waals surface area contributed by atoms with Gasteiger partial charge in [0.2, 0.25) is 0 Å². The predicted molar refractivity (Wildman–Crippen MR) is 102 cm³/mol. The minimum atomic E-state index is 0.501. The summed E-state index contributed by atoms with van der Waals surface area (Å²) in [6, 6.07) is 19.9. The van der Waals surface area contributed by atoms with E-state index < -0.39 is 0 Å². The Morgan fingerprint density at radius 2 is 1.75 bits per heavy atom. The summed E-state index contributed by atoms with van der Waals surface area (Å²) in [6.07, 6.45) is 5.11. The minimum Gasteiger partial charge on any atom is -0.458 e. The quantitative estimate of drug-likeness (QED) is 0.326. The Labute approximate surface area is 146 Å². The van der Waals surface area contributed by atoms with Gasteiger partial charge in [-0.3, -0.25) is 0 Å². The summed E-state index contributed by atoms with van der Waals surface area (Å²) in [5, 5.41) is 6.20. The van der Waals surface area contributed by atoms with Crippen molar-refractivity contribution in [1.29, 1.82) is 0 Å². The monoisotopic (exact) mass is 330 g/mol. The van der Waals surface area contributed by atoms with Crippen molar-refractivity contribution in [1.82, 2.24) is 0 Å². The van der Waals surface area contributed by atoms with Crippen LogP contribution in [0.3, 0.4) is 0 Å². The molecule has 3 aromatic carbocycles. The van der Waals surface area contributed by atoms with Gasteiger partial charge in [-0.2, -0.15) is 0 Å². The van der Waals surface area contributed by atoms with E-state index in [1.54, 1.807) is 6.26 Å². The molecule has 0 saturated carbocycles. The molecule has 1 aliphatic carbocycles. The Kier molecular flexibility index (Phi) is 3.20. The van der Waals surface area contributed by atoms with Crippen LogP contribution in [-0.4, -0.2) is 0 Å². The van der Waals surface area contributed by atoms with Crippen LogP contribution in [0, 0.1) is 0 Å². The molecule has 0 radical (unpaired) electrons. The SMILES string of the molecule is Sc1occc1C1CCc2ccc3c(ccc4ccccc43)c2C1. The molecule has 1 heterocycles. The molecule has 0 saturated heterocycles. The Hall–Kier alpha value is -2.19. The van der Waals surface area contributed by atoms with E-state index >= 15 is 0 Å². The molecule has 4 aromatic rings.